The van der Waals surface area contributed by atoms with Crippen molar-refractivity contribution in [1.82, 2.24) is 5.32 Å². The molecule has 2 aromatic rings. The molecule has 2 N–H and O–H groups in total. The highest BCUT2D eigenvalue weighted by Gasteiger charge is 2.17. The second-order valence-electron chi connectivity index (χ2n) is 4.58. The number of hydrogen-bond acceptors (Lipinski definition) is 4. The average Bonchev–Trinajstić information content (AvgIpc) is 2.52. The van der Waals surface area contributed by atoms with E-state index in [-0.39, 0.29) is 36.5 Å². The molecule has 0 aliphatic heterocycles. The monoisotopic (exact) mass is 437 g/mol. The van der Waals surface area contributed by atoms with Gasteiger partial charge in [0.05, 0.1) is 25.7 Å². The van der Waals surface area contributed by atoms with Crippen molar-refractivity contribution < 1.29 is 9.72 Å². The van der Waals surface area contributed by atoms with Crippen molar-refractivity contribution in [3.8, 4) is 0 Å². The van der Waals surface area contributed by atoms with Crippen LogP contribution in [0.1, 0.15) is 10.4 Å². The summed E-state index contributed by atoms with van der Waals surface area (Å²) in [5.74, 6) is -0.659. The molecule has 0 saturated carbocycles. The molecule has 0 aliphatic rings. The number of rotatable bonds is 3. The summed E-state index contributed by atoms with van der Waals surface area (Å²) in [7, 11) is 0. The Bertz CT molecular complexity index is 892. The minimum Gasteiger partial charge on any atom is -0.331 e. The van der Waals surface area contributed by atoms with E-state index >= 15 is 0 Å². The molecule has 130 valence electrons. The minimum absolute atomic E-state index is 0.0143. The topological polar surface area (TPSA) is 84.3 Å². The van der Waals surface area contributed by atoms with Crippen molar-refractivity contribution in [1.29, 1.82) is 0 Å². The van der Waals surface area contributed by atoms with Gasteiger partial charge in [-0.3, -0.25) is 20.2 Å². The molecule has 0 spiro atoms. The van der Waals surface area contributed by atoms with Crippen molar-refractivity contribution >= 4 is 81.0 Å². The van der Waals surface area contributed by atoms with Gasteiger partial charge in [-0.1, -0.05) is 46.4 Å². The molecule has 0 radical (unpaired) electrons. The van der Waals surface area contributed by atoms with Gasteiger partial charge in [0, 0.05) is 11.6 Å². The van der Waals surface area contributed by atoms with Crippen molar-refractivity contribution in [2.75, 3.05) is 5.32 Å². The number of hydrogen-bond donors (Lipinski definition) is 2. The molecule has 1 amide bonds. The van der Waals surface area contributed by atoms with Gasteiger partial charge < -0.3 is 5.32 Å². The third kappa shape index (κ3) is 4.93. The highest BCUT2D eigenvalue weighted by Crippen LogP contribution is 2.32. The number of nitrogens with zero attached hydrogens (tertiary/aromatic N) is 1. The number of benzene rings is 2. The van der Waals surface area contributed by atoms with Crippen LogP contribution in [0.2, 0.25) is 20.1 Å². The van der Waals surface area contributed by atoms with Gasteiger partial charge in [0.1, 0.15) is 5.02 Å². The summed E-state index contributed by atoms with van der Waals surface area (Å²) in [6.07, 6.45) is 0. The van der Waals surface area contributed by atoms with E-state index in [2.05, 4.69) is 10.6 Å². The van der Waals surface area contributed by atoms with E-state index in [1.165, 1.54) is 24.3 Å². The van der Waals surface area contributed by atoms with Crippen molar-refractivity contribution in [2.24, 2.45) is 0 Å². The summed E-state index contributed by atoms with van der Waals surface area (Å²) in [5.41, 5.74) is -0.0374. The van der Waals surface area contributed by atoms with Crippen molar-refractivity contribution in [2.45, 2.75) is 0 Å². The molecule has 0 bridgehead atoms. The van der Waals surface area contributed by atoms with Crippen molar-refractivity contribution in [3.63, 3.8) is 0 Å². The SMILES string of the molecule is O=C(NC(=S)Nc1cc(Cl)c(Cl)cc1Cl)c1ccc(Cl)c([N+](=O)[O-])c1. The zero-order valence-electron chi connectivity index (χ0n) is 12.0. The Kier molecular flexibility index (Phi) is 6.42. The van der Waals surface area contributed by atoms with Crippen molar-refractivity contribution in [3.05, 3.63) is 66.1 Å². The van der Waals surface area contributed by atoms with Crippen LogP contribution in [0.15, 0.2) is 30.3 Å². The molecule has 0 heterocycles. The van der Waals surface area contributed by atoms with E-state index in [9.17, 15) is 14.9 Å². The Morgan fingerprint density at radius 2 is 1.64 bits per heavy atom. The van der Waals surface area contributed by atoms with Gasteiger partial charge in [-0.15, -0.1) is 0 Å². The lowest BCUT2D eigenvalue weighted by Gasteiger charge is -2.12. The van der Waals surface area contributed by atoms with Gasteiger partial charge in [-0.2, -0.15) is 0 Å². The summed E-state index contributed by atoms with van der Waals surface area (Å²) in [6, 6.07) is 6.49. The maximum Gasteiger partial charge on any atom is 0.288 e. The quantitative estimate of drug-likeness (QED) is 0.292. The van der Waals surface area contributed by atoms with Gasteiger partial charge >= 0.3 is 0 Å². The lowest BCUT2D eigenvalue weighted by atomic mass is 10.2. The number of halogens is 4. The third-order valence-electron chi connectivity index (χ3n) is 2.89. The van der Waals surface area contributed by atoms with Gasteiger partial charge in [-0.05, 0) is 36.5 Å². The Morgan fingerprint density at radius 3 is 2.28 bits per heavy atom. The van der Waals surface area contributed by atoms with Crippen LogP contribution < -0.4 is 10.6 Å². The van der Waals surface area contributed by atoms with Gasteiger partial charge in [0.15, 0.2) is 5.11 Å². The number of carbonyl (C=O) groups is 1. The summed E-state index contributed by atoms with van der Waals surface area (Å²) in [6.45, 7) is 0. The fourth-order valence-electron chi connectivity index (χ4n) is 1.74. The van der Waals surface area contributed by atoms with E-state index in [0.29, 0.717) is 5.69 Å². The number of thiocarbonyl (C=S) groups is 1. The molecule has 0 fully saturated rings. The highest BCUT2D eigenvalue weighted by atomic mass is 35.5. The molecule has 0 saturated heterocycles. The van der Waals surface area contributed by atoms with E-state index in [1.54, 1.807) is 0 Å². The van der Waals surface area contributed by atoms with E-state index in [0.717, 1.165) is 6.07 Å². The Morgan fingerprint density at radius 1 is 1.00 bits per heavy atom. The highest BCUT2D eigenvalue weighted by molar-refractivity contribution is 7.80. The molecule has 6 nitrogen and oxygen atoms in total. The molecule has 0 aliphatic carbocycles. The fourth-order valence-corrected chi connectivity index (χ4v) is 2.72. The maximum absolute atomic E-state index is 12.2. The van der Waals surface area contributed by atoms with E-state index in [4.69, 9.17) is 58.6 Å². The van der Waals surface area contributed by atoms with Crippen LogP contribution in [0.3, 0.4) is 0 Å². The zero-order valence-corrected chi connectivity index (χ0v) is 15.8. The van der Waals surface area contributed by atoms with Crippen LogP contribution in [0.25, 0.3) is 0 Å². The van der Waals surface area contributed by atoms with E-state index in [1.807, 2.05) is 0 Å². The first-order chi connectivity index (χ1) is 11.7. The van der Waals surface area contributed by atoms with Crippen LogP contribution >= 0.6 is 58.6 Å². The first kappa shape index (κ1) is 19.7. The van der Waals surface area contributed by atoms with Crippen LogP contribution in [0.5, 0.6) is 0 Å². The molecular weight excluding hydrogens is 432 g/mol. The number of nitro benzene ring substituents is 1. The Labute approximate surface area is 167 Å². The molecule has 11 heteroatoms. The maximum atomic E-state index is 12.2. The van der Waals surface area contributed by atoms with Crippen LogP contribution in [0.4, 0.5) is 11.4 Å². The molecular formula is C14H7Cl4N3O3S. The molecule has 0 aromatic heterocycles. The Hall–Kier alpha value is -1.64. The lowest BCUT2D eigenvalue weighted by molar-refractivity contribution is -0.384. The van der Waals surface area contributed by atoms with E-state index < -0.39 is 10.8 Å². The normalized spacial score (nSPS) is 10.2. The molecule has 0 unspecified atom stereocenters. The summed E-state index contributed by atoms with van der Waals surface area (Å²) in [5, 5.41) is 16.5. The molecule has 25 heavy (non-hydrogen) atoms. The molecule has 0 atom stereocenters. The number of nitro groups is 1. The second-order valence-corrected chi connectivity index (χ2v) is 6.61. The number of anilines is 1. The number of amides is 1. The first-order valence-electron chi connectivity index (χ1n) is 6.40. The predicted molar refractivity (Wildman–Crippen MR) is 103 cm³/mol. The van der Waals surface area contributed by atoms with Crippen LogP contribution in [-0.2, 0) is 0 Å². The first-order valence-corrected chi connectivity index (χ1v) is 8.32. The predicted octanol–water partition coefficient (Wildman–Crippen LogP) is 5.34. The summed E-state index contributed by atoms with van der Waals surface area (Å²) in [4.78, 5) is 22.3. The van der Waals surface area contributed by atoms with Crippen LogP contribution in [-0.4, -0.2) is 15.9 Å². The number of carbonyl (C=O) groups excluding carboxylic acids is 1. The molecule has 2 rings (SSSR count). The standard InChI is InChI=1S/C14H7Cl4N3O3S/c15-7-2-1-6(3-12(7)21(23)24)13(22)20-14(25)19-11-5-9(17)8(16)4-10(11)18/h1-5H,(H2,19,20,22,25). The third-order valence-corrected chi connectivity index (χ3v) is 4.45. The second kappa shape index (κ2) is 8.16. The summed E-state index contributed by atoms with van der Waals surface area (Å²) >= 11 is 28.5. The van der Waals surface area contributed by atoms with Gasteiger partial charge in [0.2, 0.25) is 0 Å². The van der Waals surface area contributed by atoms with Crippen LogP contribution in [0, 0.1) is 10.1 Å². The largest absolute Gasteiger partial charge is 0.331 e. The van der Waals surface area contributed by atoms with Gasteiger partial charge in [-0.25, -0.2) is 0 Å². The fraction of sp³-hybridized carbons (Fsp3) is 0. The van der Waals surface area contributed by atoms with Gasteiger partial charge in [0.25, 0.3) is 11.6 Å². The molecule has 2 aromatic carbocycles. The smallest absolute Gasteiger partial charge is 0.288 e. The minimum atomic E-state index is -0.689. The Balaban J connectivity index is 2.13. The average molecular weight is 439 g/mol. The zero-order chi connectivity index (χ0) is 18.7. The number of nitrogens with one attached hydrogen (secondary N) is 2. The summed E-state index contributed by atoms with van der Waals surface area (Å²) < 4.78 is 0. The lowest BCUT2D eigenvalue weighted by Crippen LogP contribution is -2.34.